The Labute approximate surface area is 112 Å². The fourth-order valence-electron chi connectivity index (χ4n) is 1.70. The minimum Gasteiger partial charge on any atom is -0.480 e. The Bertz CT molecular complexity index is 432. The van der Waals surface area contributed by atoms with Crippen molar-refractivity contribution in [1.29, 1.82) is 0 Å². The molecule has 0 fully saturated rings. The van der Waals surface area contributed by atoms with Crippen molar-refractivity contribution >= 4 is 11.9 Å². The molecule has 3 N–H and O–H groups in total. The number of carboxylic acids is 1. The lowest BCUT2D eigenvalue weighted by atomic mass is 9.98. The van der Waals surface area contributed by atoms with Gasteiger partial charge in [-0.15, -0.1) is 0 Å². The SMILES string of the molecule is CC[C@H](C)[C@H](NC(=O)C(O)c1ccccc1)C(=O)O. The van der Waals surface area contributed by atoms with E-state index in [2.05, 4.69) is 5.32 Å². The monoisotopic (exact) mass is 265 g/mol. The van der Waals surface area contributed by atoms with E-state index < -0.39 is 24.0 Å². The zero-order chi connectivity index (χ0) is 14.4. The number of carboxylic acid groups (broad SMARTS) is 1. The van der Waals surface area contributed by atoms with Crippen molar-refractivity contribution in [2.75, 3.05) is 0 Å². The van der Waals surface area contributed by atoms with Crippen molar-refractivity contribution in [3.05, 3.63) is 35.9 Å². The van der Waals surface area contributed by atoms with Gasteiger partial charge in [0.1, 0.15) is 6.04 Å². The van der Waals surface area contributed by atoms with Crippen LogP contribution in [0.15, 0.2) is 30.3 Å². The number of aliphatic hydroxyl groups excluding tert-OH is 1. The molecule has 19 heavy (non-hydrogen) atoms. The molecule has 1 aromatic rings. The van der Waals surface area contributed by atoms with Crippen LogP contribution in [-0.4, -0.2) is 28.1 Å². The normalized spacial score (nSPS) is 15.3. The molecule has 1 aromatic carbocycles. The number of amides is 1. The topological polar surface area (TPSA) is 86.6 Å². The minimum absolute atomic E-state index is 0.204. The minimum atomic E-state index is -1.35. The highest BCUT2D eigenvalue weighted by atomic mass is 16.4. The first-order valence-electron chi connectivity index (χ1n) is 6.23. The van der Waals surface area contributed by atoms with E-state index in [0.717, 1.165) is 0 Å². The van der Waals surface area contributed by atoms with E-state index in [9.17, 15) is 14.7 Å². The molecule has 104 valence electrons. The number of hydrogen-bond acceptors (Lipinski definition) is 3. The molecule has 5 heteroatoms. The quantitative estimate of drug-likeness (QED) is 0.724. The first-order chi connectivity index (χ1) is 8.97. The molecule has 0 aliphatic heterocycles. The van der Waals surface area contributed by atoms with Gasteiger partial charge in [0.05, 0.1) is 0 Å². The molecule has 1 rings (SSSR count). The summed E-state index contributed by atoms with van der Waals surface area (Å²) in [6.07, 6.45) is -0.731. The second-order valence-corrected chi connectivity index (χ2v) is 4.52. The van der Waals surface area contributed by atoms with E-state index in [1.54, 1.807) is 37.3 Å². The predicted molar refractivity (Wildman–Crippen MR) is 70.4 cm³/mol. The van der Waals surface area contributed by atoms with Crippen molar-refractivity contribution in [2.24, 2.45) is 5.92 Å². The van der Waals surface area contributed by atoms with Gasteiger partial charge in [0.15, 0.2) is 6.10 Å². The highest BCUT2D eigenvalue weighted by Crippen LogP contribution is 2.14. The van der Waals surface area contributed by atoms with Crippen molar-refractivity contribution in [3.63, 3.8) is 0 Å². The zero-order valence-corrected chi connectivity index (χ0v) is 11.0. The molecule has 1 unspecified atom stereocenters. The lowest BCUT2D eigenvalue weighted by Gasteiger charge is -2.21. The summed E-state index contributed by atoms with van der Waals surface area (Å²) in [5.41, 5.74) is 0.438. The van der Waals surface area contributed by atoms with E-state index >= 15 is 0 Å². The van der Waals surface area contributed by atoms with Gasteiger partial charge in [-0.2, -0.15) is 0 Å². The second-order valence-electron chi connectivity index (χ2n) is 4.52. The number of rotatable bonds is 6. The van der Waals surface area contributed by atoms with Crippen LogP contribution in [0.2, 0.25) is 0 Å². The molecule has 0 radical (unpaired) electrons. The van der Waals surface area contributed by atoms with E-state index in [4.69, 9.17) is 5.11 Å². The van der Waals surface area contributed by atoms with Crippen LogP contribution in [0.3, 0.4) is 0 Å². The molecule has 0 saturated heterocycles. The van der Waals surface area contributed by atoms with Crippen LogP contribution < -0.4 is 5.32 Å². The first-order valence-corrected chi connectivity index (χ1v) is 6.23. The Hall–Kier alpha value is -1.88. The van der Waals surface area contributed by atoms with Gasteiger partial charge in [-0.1, -0.05) is 50.6 Å². The zero-order valence-electron chi connectivity index (χ0n) is 11.0. The van der Waals surface area contributed by atoms with Crippen molar-refractivity contribution in [3.8, 4) is 0 Å². The highest BCUT2D eigenvalue weighted by molar-refractivity contribution is 5.87. The standard InChI is InChI=1S/C14H19NO4/c1-3-9(2)11(14(18)19)15-13(17)12(16)10-7-5-4-6-8-10/h4-9,11-12,16H,3H2,1-2H3,(H,15,17)(H,18,19)/t9-,11-,12?/m0/s1. The molecule has 0 aliphatic carbocycles. The average Bonchev–Trinajstić information content (AvgIpc) is 2.43. The third-order valence-electron chi connectivity index (χ3n) is 3.14. The Morgan fingerprint density at radius 1 is 1.26 bits per heavy atom. The van der Waals surface area contributed by atoms with Gasteiger partial charge in [0, 0.05) is 0 Å². The van der Waals surface area contributed by atoms with Crippen LogP contribution in [-0.2, 0) is 9.59 Å². The Kier molecular flexibility index (Phi) is 5.51. The smallest absolute Gasteiger partial charge is 0.326 e. The Morgan fingerprint density at radius 2 is 1.84 bits per heavy atom. The summed E-state index contributed by atoms with van der Waals surface area (Å²) in [5, 5.41) is 21.3. The van der Waals surface area contributed by atoms with Crippen molar-refractivity contribution < 1.29 is 19.8 Å². The lowest BCUT2D eigenvalue weighted by molar-refractivity contribution is -0.145. The van der Waals surface area contributed by atoms with Gasteiger partial charge in [-0.3, -0.25) is 4.79 Å². The molecule has 0 saturated carbocycles. The van der Waals surface area contributed by atoms with E-state index in [1.165, 1.54) is 0 Å². The molecular weight excluding hydrogens is 246 g/mol. The predicted octanol–water partition coefficient (Wildman–Crippen LogP) is 1.34. The van der Waals surface area contributed by atoms with Gasteiger partial charge in [-0.25, -0.2) is 4.79 Å². The summed E-state index contributed by atoms with van der Waals surface area (Å²) in [6, 6.07) is 7.42. The first kappa shape index (κ1) is 15.2. The van der Waals surface area contributed by atoms with Crippen molar-refractivity contribution in [1.82, 2.24) is 5.32 Å². The summed E-state index contributed by atoms with van der Waals surface area (Å²) >= 11 is 0. The Balaban J connectivity index is 2.75. The number of nitrogens with one attached hydrogen (secondary N) is 1. The highest BCUT2D eigenvalue weighted by Gasteiger charge is 2.28. The van der Waals surface area contributed by atoms with E-state index in [-0.39, 0.29) is 5.92 Å². The third kappa shape index (κ3) is 4.06. The molecule has 0 aliphatic rings. The van der Waals surface area contributed by atoms with E-state index in [0.29, 0.717) is 12.0 Å². The summed E-state index contributed by atoms with van der Waals surface area (Å²) in [6.45, 7) is 3.59. The summed E-state index contributed by atoms with van der Waals surface area (Å²) < 4.78 is 0. The number of carbonyl (C=O) groups is 2. The van der Waals surface area contributed by atoms with Gasteiger partial charge in [0.2, 0.25) is 0 Å². The summed E-state index contributed by atoms with van der Waals surface area (Å²) in [5.74, 6) is -1.99. The fourth-order valence-corrected chi connectivity index (χ4v) is 1.70. The average molecular weight is 265 g/mol. The van der Waals surface area contributed by atoms with Crippen molar-refractivity contribution in [2.45, 2.75) is 32.4 Å². The van der Waals surface area contributed by atoms with Gasteiger partial charge >= 0.3 is 5.97 Å². The maximum absolute atomic E-state index is 11.9. The second kappa shape index (κ2) is 6.89. The van der Waals surface area contributed by atoms with Crippen LogP contribution in [0.25, 0.3) is 0 Å². The molecule has 5 nitrogen and oxygen atoms in total. The van der Waals surface area contributed by atoms with Gasteiger partial charge < -0.3 is 15.5 Å². The number of benzene rings is 1. The fraction of sp³-hybridized carbons (Fsp3) is 0.429. The van der Waals surface area contributed by atoms with Gasteiger partial charge in [0.25, 0.3) is 5.91 Å². The molecule has 3 atom stereocenters. The third-order valence-corrected chi connectivity index (χ3v) is 3.14. The maximum atomic E-state index is 11.9. The molecule has 0 aromatic heterocycles. The lowest BCUT2D eigenvalue weighted by Crippen LogP contribution is -2.46. The van der Waals surface area contributed by atoms with Crippen LogP contribution in [0.1, 0.15) is 31.9 Å². The number of carbonyl (C=O) groups excluding carboxylic acids is 1. The molecule has 0 spiro atoms. The van der Waals surface area contributed by atoms with Gasteiger partial charge in [-0.05, 0) is 11.5 Å². The molecule has 1 amide bonds. The summed E-state index contributed by atoms with van der Waals surface area (Å²) in [7, 11) is 0. The molecule has 0 heterocycles. The van der Waals surface area contributed by atoms with Crippen LogP contribution in [0, 0.1) is 5.92 Å². The maximum Gasteiger partial charge on any atom is 0.326 e. The molecular formula is C14H19NO4. The number of hydrogen-bond donors (Lipinski definition) is 3. The number of aliphatic carboxylic acids is 1. The van der Waals surface area contributed by atoms with Crippen LogP contribution >= 0.6 is 0 Å². The number of aliphatic hydroxyl groups is 1. The molecule has 0 bridgehead atoms. The summed E-state index contributed by atoms with van der Waals surface area (Å²) in [4.78, 5) is 23.0. The Morgan fingerprint density at radius 3 is 2.32 bits per heavy atom. The van der Waals surface area contributed by atoms with Crippen LogP contribution in [0.4, 0.5) is 0 Å². The van der Waals surface area contributed by atoms with E-state index in [1.807, 2.05) is 6.92 Å². The largest absolute Gasteiger partial charge is 0.480 e. The van der Waals surface area contributed by atoms with Crippen LogP contribution in [0.5, 0.6) is 0 Å².